The van der Waals surface area contributed by atoms with E-state index < -0.39 is 6.04 Å². The molecule has 2 aromatic carbocycles. The van der Waals surface area contributed by atoms with Gasteiger partial charge in [-0.25, -0.2) is 0 Å². The second-order valence-electron chi connectivity index (χ2n) is 8.15. The summed E-state index contributed by atoms with van der Waals surface area (Å²) in [4.78, 5) is 28.7. The van der Waals surface area contributed by atoms with Crippen LogP contribution >= 0.6 is 11.6 Å². The van der Waals surface area contributed by atoms with Crippen molar-refractivity contribution in [3.05, 3.63) is 79.7 Å². The molecule has 0 unspecified atom stereocenters. The minimum absolute atomic E-state index is 0.0351. The van der Waals surface area contributed by atoms with Gasteiger partial charge in [0.15, 0.2) is 5.43 Å². The van der Waals surface area contributed by atoms with Crippen LogP contribution in [0.15, 0.2) is 45.6 Å². The molecular weight excluding hydrogens is 402 g/mol. The van der Waals surface area contributed by atoms with Crippen LogP contribution in [0.4, 0.5) is 0 Å². The highest BCUT2D eigenvalue weighted by molar-refractivity contribution is 6.30. The molecule has 1 fully saturated rings. The lowest BCUT2D eigenvalue weighted by Crippen LogP contribution is -2.36. The fourth-order valence-corrected chi connectivity index (χ4v) is 4.59. The maximum Gasteiger partial charge on any atom is 0.291 e. The van der Waals surface area contributed by atoms with E-state index in [1.807, 2.05) is 38.1 Å². The molecule has 3 aromatic rings. The van der Waals surface area contributed by atoms with Crippen molar-refractivity contribution in [1.29, 1.82) is 0 Å². The number of rotatable bonds is 3. The normalized spacial score (nSPS) is 20.9. The van der Waals surface area contributed by atoms with E-state index in [1.165, 1.54) is 0 Å². The second kappa shape index (κ2) is 7.25. The predicted molar refractivity (Wildman–Crippen MR) is 115 cm³/mol. The number of carbonyl (C=O) groups is 1. The first-order valence-electron chi connectivity index (χ1n) is 10.2. The van der Waals surface area contributed by atoms with Crippen LogP contribution in [0.1, 0.15) is 51.7 Å². The Morgan fingerprint density at radius 1 is 1.10 bits per heavy atom. The summed E-state index contributed by atoms with van der Waals surface area (Å²) in [5, 5.41) is 1.10. The summed E-state index contributed by atoms with van der Waals surface area (Å²) in [7, 11) is 0. The maximum absolute atomic E-state index is 13.6. The number of ether oxygens (including phenoxy) is 1. The summed E-state index contributed by atoms with van der Waals surface area (Å²) in [6, 6.07) is 10.4. The van der Waals surface area contributed by atoms with Gasteiger partial charge in [-0.3, -0.25) is 9.59 Å². The van der Waals surface area contributed by atoms with E-state index in [0.717, 1.165) is 29.5 Å². The third kappa shape index (κ3) is 3.04. The van der Waals surface area contributed by atoms with Crippen molar-refractivity contribution < 1.29 is 13.9 Å². The molecule has 1 aromatic heterocycles. The van der Waals surface area contributed by atoms with Crippen LogP contribution in [-0.4, -0.2) is 30.1 Å². The van der Waals surface area contributed by atoms with E-state index in [4.69, 9.17) is 20.8 Å². The van der Waals surface area contributed by atoms with Gasteiger partial charge in [-0.1, -0.05) is 23.7 Å². The summed E-state index contributed by atoms with van der Waals surface area (Å²) in [6.45, 7) is 5.05. The minimum Gasteiger partial charge on any atom is -0.450 e. The molecule has 1 saturated heterocycles. The van der Waals surface area contributed by atoms with Crippen molar-refractivity contribution in [2.45, 2.75) is 38.8 Å². The van der Waals surface area contributed by atoms with Crippen LogP contribution in [0.25, 0.3) is 11.0 Å². The van der Waals surface area contributed by atoms with Gasteiger partial charge >= 0.3 is 0 Å². The van der Waals surface area contributed by atoms with Crippen LogP contribution in [0.3, 0.4) is 0 Å². The first-order chi connectivity index (χ1) is 14.4. The fourth-order valence-electron chi connectivity index (χ4n) is 4.46. The van der Waals surface area contributed by atoms with Gasteiger partial charge in [0, 0.05) is 18.2 Å². The fraction of sp³-hybridized carbons (Fsp3) is 0.333. The lowest BCUT2D eigenvalue weighted by Gasteiger charge is -2.27. The highest BCUT2D eigenvalue weighted by Gasteiger charge is 2.43. The lowest BCUT2D eigenvalue weighted by atomic mass is 9.97. The summed E-state index contributed by atoms with van der Waals surface area (Å²) in [5.74, 6) is -0.133. The van der Waals surface area contributed by atoms with Crippen LogP contribution in [0.5, 0.6) is 0 Å². The van der Waals surface area contributed by atoms with Crippen molar-refractivity contribution >= 4 is 28.5 Å². The van der Waals surface area contributed by atoms with E-state index >= 15 is 0 Å². The third-order valence-electron chi connectivity index (χ3n) is 6.19. The third-order valence-corrected chi connectivity index (χ3v) is 6.44. The van der Waals surface area contributed by atoms with Crippen molar-refractivity contribution in [1.82, 2.24) is 4.90 Å². The standard InChI is InChI=1S/C24H22ClNO4/c1-13-10-18-19(11-14(13)2)30-23-20(22(18)27)21(15-5-7-16(25)8-6-15)26(24(23)28)12-17-4-3-9-29-17/h5-8,10-11,17,21H,3-4,9,12H2,1-2H3/t17-,21-/m1/s1. The molecule has 0 bridgehead atoms. The van der Waals surface area contributed by atoms with Gasteiger partial charge in [-0.15, -0.1) is 0 Å². The molecule has 0 aliphatic carbocycles. The highest BCUT2D eigenvalue weighted by atomic mass is 35.5. The van der Waals surface area contributed by atoms with Gasteiger partial charge in [-0.05, 0) is 67.6 Å². The molecule has 2 aliphatic heterocycles. The quantitative estimate of drug-likeness (QED) is 0.607. The van der Waals surface area contributed by atoms with E-state index in [2.05, 4.69) is 0 Å². The molecule has 6 heteroatoms. The van der Waals surface area contributed by atoms with Gasteiger partial charge in [0.2, 0.25) is 5.76 Å². The SMILES string of the molecule is Cc1cc2oc3c(c(=O)c2cc1C)[C@@H](c1ccc(Cl)cc1)N(C[C@H]1CCCO1)C3=O. The number of benzene rings is 2. The van der Waals surface area contributed by atoms with Crippen LogP contribution in [-0.2, 0) is 4.74 Å². The van der Waals surface area contributed by atoms with Crippen molar-refractivity contribution in [2.24, 2.45) is 0 Å². The Bertz CT molecular complexity index is 1210. The van der Waals surface area contributed by atoms with Crippen molar-refractivity contribution in [3.63, 3.8) is 0 Å². The van der Waals surface area contributed by atoms with Crippen molar-refractivity contribution in [3.8, 4) is 0 Å². The number of carbonyl (C=O) groups excluding carboxylic acids is 1. The molecule has 0 radical (unpaired) electrons. The average Bonchev–Trinajstić information content (AvgIpc) is 3.33. The Morgan fingerprint density at radius 2 is 1.83 bits per heavy atom. The van der Waals surface area contributed by atoms with Gasteiger partial charge in [0.05, 0.1) is 23.1 Å². The van der Waals surface area contributed by atoms with Crippen LogP contribution in [0.2, 0.25) is 5.02 Å². The molecule has 0 spiro atoms. The van der Waals surface area contributed by atoms with E-state index in [-0.39, 0.29) is 23.2 Å². The highest BCUT2D eigenvalue weighted by Crippen LogP contribution is 2.39. The number of halogens is 1. The maximum atomic E-state index is 13.6. The Kier molecular flexibility index (Phi) is 4.68. The van der Waals surface area contributed by atoms with Gasteiger partial charge in [0.25, 0.3) is 5.91 Å². The summed E-state index contributed by atoms with van der Waals surface area (Å²) in [6.07, 6.45) is 1.84. The molecule has 154 valence electrons. The zero-order chi connectivity index (χ0) is 21.0. The summed E-state index contributed by atoms with van der Waals surface area (Å²) < 4.78 is 11.8. The topological polar surface area (TPSA) is 59.8 Å². The molecule has 5 nitrogen and oxygen atoms in total. The van der Waals surface area contributed by atoms with Gasteiger partial charge in [0.1, 0.15) is 5.58 Å². The Hall–Kier alpha value is -2.63. The predicted octanol–water partition coefficient (Wildman–Crippen LogP) is 4.79. The van der Waals surface area contributed by atoms with E-state index in [1.54, 1.807) is 17.0 Å². The number of aryl methyl sites for hydroxylation is 2. The van der Waals surface area contributed by atoms with Gasteiger partial charge < -0.3 is 14.1 Å². The van der Waals surface area contributed by atoms with Crippen molar-refractivity contribution in [2.75, 3.05) is 13.2 Å². The monoisotopic (exact) mass is 423 g/mol. The molecule has 2 atom stereocenters. The Balaban J connectivity index is 1.72. The molecule has 5 rings (SSSR count). The molecule has 1 amide bonds. The molecular formula is C24H22ClNO4. The Labute approximate surface area is 179 Å². The minimum atomic E-state index is -0.517. The number of nitrogens with zero attached hydrogens (tertiary/aromatic N) is 1. The first-order valence-corrected chi connectivity index (χ1v) is 10.6. The number of hydrogen-bond acceptors (Lipinski definition) is 4. The number of amides is 1. The van der Waals surface area contributed by atoms with Gasteiger partial charge in [-0.2, -0.15) is 0 Å². The molecule has 0 saturated carbocycles. The van der Waals surface area contributed by atoms with E-state index in [9.17, 15) is 9.59 Å². The number of fused-ring (bicyclic) bond motifs is 2. The van der Waals surface area contributed by atoms with E-state index in [0.29, 0.717) is 34.7 Å². The average molecular weight is 424 g/mol. The molecule has 3 heterocycles. The molecule has 30 heavy (non-hydrogen) atoms. The summed E-state index contributed by atoms with van der Waals surface area (Å²) in [5.41, 5.74) is 3.55. The largest absolute Gasteiger partial charge is 0.450 e. The molecule has 2 aliphatic rings. The molecule has 0 N–H and O–H groups in total. The van der Waals surface area contributed by atoms with Crippen LogP contribution < -0.4 is 5.43 Å². The Morgan fingerprint density at radius 3 is 2.53 bits per heavy atom. The smallest absolute Gasteiger partial charge is 0.291 e. The summed E-state index contributed by atoms with van der Waals surface area (Å²) >= 11 is 6.08. The number of hydrogen-bond donors (Lipinski definition) is 0. The zero-order valence-electron chi connectivity index (χ0n) is 16.9. The zero-order valence-corrected chi connectivity index (χ0v) is 17.7. The first kappa shape index (κ1) is 19.3. The lowest BCUT2D eigenvalue weighted by molar-refractivity contribution is 0.0486. The van der Waals surface area contributed by atoms with Crippen LogP contribution in [0, 0.1) is 13.8 Å². The second-order valence-corrected chi connectivity index (χ2v) is 8.59.